The lowest BCUT2D eigenvalue weighted by molar-refractivity contribution is -0.142. The van der Waals surface area contributed by atoms with E-state index in [2.05, 4.69) is 0 Å². The molecule has 0 spiro atoms. The van der Waals surface area contributed by atoms with Crippen LogP contribution >= 0.6 is 0 Å². The minimum atomic E-state index is -1.05. The van der Waals surface area contributed by atoms with Crippen LogP contribution < -0.4 is 5.73 Å². The smallest absolute Gasteiger partial charge is 0.313 e. The number of halogens is 1. The van der Waals surface area contributed by atoms with E-state index in [1.807, 2.05) is 0 Å². The maximum atomic E-state index is 12.8. The molecular formula is C12H16FNO4. The summed E-state index contributed by atoms with van der Waals surface area (Å²) in [6, 6.07) is 3.96. The molecule has 0 unspecified atom stereocenters. The molecule has 0 aromatic heterocycles. The normalized spacial score (nSPS) is 10.2. The molecule has 0 bridgehead atoms. The molecule has 1 aromatic rings. The van der Waals surface area contributed by atoms with Crippen LogP contribution in [0.5, 0.6) is 0 Å². The van der Waals surface area contributed by atoms with Crippen LogP contribution in [0.4, 0.5) is 10.1 Å². The minimum absolute atomic E-state index is 0.0307. The third kappa shape index (κ3) is 4.40. The number of benzene rings is 1. The van der Waals surface area contributed by atoms with Crippen LogP contribution in [-0.2, 0) is 15.0 Å². The van der Waals surface area contributed by atoms with Crippen molar-refractivity contribution in [3.05, 3.63) is 29.6 Å². The molecule has 0 saturated carbocycles. The Morgan fingerprint density at radius 1 is 1.28 bits per heavy atom. The third-order valence-electron chi connectivity index (χ3n) is 2.25. The van der Waals surface area contributed by atoms with Crippen molar-refractivity contribution in [3.63, 3.8) is 0 Å². The van der Waals surface area contributed by atoms with Gasteiger partial charge in [0.2, 0.25) is 0 Å². The lowest BCUT2D eigenvalue weighted by Gasteiger charge is -2.19. The molecule has 4 N–H and O–H groups in total. The summed E-state index contributed by atoms with van der Waals surface area (Å²) < 4.78 is 12.8. The summed E-state index contributed by atoms with van der Waals surface area (Å²) in [4.78, 5) is 19.9. The lowest BCUT2D eigenvalue weighted by atomic mass is 9.84. The number of anilines is 1. The molecule has 0 amide bonds. The van der Waals surface area contributed by atoms with E-state index >= 15 is 0 Å². The Labute approximate surface area is 104 Å². The van der Waals surface area contributed by atoms with Crippen LogP contribution in [0.25, 0.3) is 0 Å². The summed E-state index contributed by atoms with van der Waals surface area (Å²) in [6.45, 7) is 4.17. The molecule has 0 radical (unpaired) electrons. The lowest BCUT2D eigenvalue weighted by Crippen LogP contribution is -2.28. The standard InChI is InChI=1S/C10H12FNO2.C2H4O2/c1-10(2,9(13)14)6-3-4-7(11)8(12)5-6;1-2(3)4/h3-5H,12H2,1-2H3,(H,13,14);1H3,(H,3,4). The van der Waals surface area contributed by atoms with E-state index in [-0.39, 0.29) is 5.69 Å². The second-order valence-electron chi connectivity index (χ2n) is 4.19. The molecule has 18 heavy (non-hydrogen) atoms. The monoisotopic (exact) mass is 257 g/mol. The van der Waals surface area contributed by atoms with Gasteiger partial charge in [-0.15, -0.1) is 0 Å². The van der Waals surface area contributed by atoms with Gasteiger partial charge in [0.15, 0.2) is 0 Å². The maximum absolute atomic E-state index is 12.8. The van der Waals surface area contributed by atoms with E-state index in [9.17, 15) is 9.18 Å². The van der Waals surface area contributed by atoms with E-state index < -0.39 is 23.2 Å². The van der Waals surface area contributed by atoms with E-state index in [0.717, 1.165) is 6.92 Å². The zero-order valence-electron chi connectivity index (χ0n) is 10.4. The molecule has 1 rings (SSSR count). The molecule has 0 aliphatic heterocycles. The fraction of sp³-hybridized carbons (Fsp3) is 0.333. The molecule has 100 valence electrons. The highest BCUT2D eigenvalue weighted by Crippen LogP contribution is 2.26. The van der Waals surface area contributed by atoms with Crippen molar-refractivity contribution in [1.82, 2.24) is 0 Å². The summed E-state index contributed by atoms with van der Waals surface area (Å²) in [5.74, 6) is -2.33. The van der Waals surface area contributed by atoms with Gasteiger partial charge in [-0.3, -0.25) is 9.59 Å². The molecule has 6 heteroatoms. The first kappa shape index (κ1) is 15.9. The fourth-order valence-corrected chi connectivity index (χ4v) is 1.06. The van der Waals surface area contributed by atoms with Gasteiger partial charge in [0.1, 0.15) is 5.82 Å². The number of hydrogen-bond donors (Lipinski definition) is 3. The number of carboxylic acids is 2. The van der Waals surface area contributed by atoms with Crippen molar-refractivity contribution in [2.24, 2.45) is 0 Å². The molecule has 5 nitrogen and oxygen atoms in total. The zero-order chi connectivity index (χ0) is 14.5. The fourth-order valence-electron chi connectivity index (χ4n) is 1.06. The quantitative estimate of drug-likeness (QED) is 0.702. The summed E-state index contributed by atoms with van der Waals surface area (Å²) in [5.41, 5.74) is 4.75. The van der Waals surface area contributed by atoms with Crippen molar-refractivity contribution in [2.45, 2.75) is 26.2 Å². The van der Waals surface area contributed by atoms with Crippen molar-refractivity contribution >= 4 is 17.6 Å². The Bertz CT molecular complexity index is 453. The summed E-state index contributed by atoms with van der Waals surface area (Å²) in [5, 5.41) is 16.3. The number of aliphatic carboxylic acids is 2. The molecule has 0 aliphatic carbocycles. The average molecular weight is 257 g/mol. The number of rotatable bonds is 2. The van der Waals surface area contributed by atoms with E-state index in [1.54, 1.807) is 13.8 Å². The molecule has 0 saturated heterocycles. The van der Waals surface area contributed by atoms with Crippen LogP contribution in [0.3, 0.4) is 0 Å². The van der Waals surface area contributed by atoms with Crippen LogP contribution in [0.15, 0.2) is 18.2 Å². The van der Waals surface area contributed by atoms with E-state index in [0.29, 0.717) is 5.56 Å². The largest absolute Gasteiger partial charge is 0.481 e. The zero-order valence-corrected chi connectivity index (χ0v) is 10.4. The molecule has 0 heterocycles. The first-order valence-corrected chi connectivity index (χ1v) is 5.07. The van der Waals surface area contributed by atoms with Gasteiger partial charge in [0, 0.05) is 6.92 Å². The van der Waals surface area contributed by atoms with Crippen molar-refractivity contribution < 1.29 is 24.2 Å². The Balaban J connectivity index is 0.000000631. The van der Waals surface area contributed by atoms with Gasteiger partial charge in [-0.25, -0.2) is 4.39 Å². The SMILES string of the molecule is CC(=O)O.CC(C)(C(=O)O)c1ccc(F)c(N)c1. The number of carboxylic acid groups (broad SMARTS) is 2. The van der Waals surface area contributed by atoms with Gasteiger partial charge in [0.25, 0.3) is 5.97 Å². The number of nitrogen functional groups attached to an aromatic ring is 1. The molecule has 0 aliphatic rings. The van der Waals surface area contributed by atoms with Crippen LogP contribution in [0.1, 0.15) is 26.3 Å². The number of carbonyl (C=O) groups is 2. The second-order valence-corrected chi connectivity index (χ2v) is 4.19. The highest BCUT2D eigenvalue weighted by atomic mass is 19.1. The molecular weight excluding hydrogens is 241 g/mol. The molecule has 0 atom stereocenters. The van der Waals surface area contributed by atoms with E-state index in [1.165, 1.54) is 18.2 Å². The van der Waals surface area contributed by atoms with Gasteiger partial charge >= 0.3 is 5.97 Å². The van der Waals surface area contributed by atoms with E-state index in [4.69, 9.17) is 20.7 Å². The minimum Gasteiger partial charge on any atom is -0.481 e. The highest BCUT2D eigenvalue weighted by molar-refractivity contribution is 5.80. The van der Waals surface area contributed by atoms with Crippen LogP contribution in [-0.4, -0.2) is 22.2 Å². The van der Waals surface area contributed by atoms with Crippen molar-refractivity contribution in [3.8, 4) is 0 Å². The van der Waals surface area contributed by atoms with Gasteiger partial charge in [-0.1, -0.05) is 6.07 Å². The predicted octanol–water partition coefficient (Wildman–Crippen LogP) is 1.86. The van der Waals surface area contributed by atoms with Crippen molar-refractivity contribution in [1.29, 1.82) is 0 Å². The Morgan fingerprint density at radius 3 is 2.06 bits per heavy atom. The van der Waals surface area contributed by atoms with Gasteiger partial charge in [-0.05, 0) is 31.5 Å². The maximum Gasteiger partial charge on any atom is 0.313 e. The third-order valence-corrected chi connectivity index (χ3v) is 2.25. The first-order valence-electron chi connectivity index (χ1n) is 5.07. The number of hydrogen-bond acceptors (Lipinski definition) is 3. The Hall–Kier alpha value is -2.11. The predicted molar refractivity (Wildman–Crippen MR) is 64.8 cm³/mol. The van der Waals surface area contributed by atoms with Crippen molar-refractivity contribution in [2.75, 3.05) is 5.73 Å². The van der Waals surface area contributed by atoms with Gasteiger partial charge in [-0.2, -0.15) is 0 Å². The second kappa shape index (κ2) is 6.00. The highest BCUT2D eigenvalue weighted by Gasteiger charge is 2.29. The Morgan fingerprint density at radius 2 is 1.72 bits per heavy atom. The summed E-state index contributed by atoms with van der Waals surface area (Å²) in [7, 11) is 0. The summed E-state index contributed by atoms with van der Waals surface area (Å²) in [6.07, 6.45) is 0. The Kier molecular flexibility index (Phi) is 5.29. The van der Waals surface area contributed by atoms with Gasteiger partial charge in [0.05, 0.1) is 11.1 Å². The van der Waals surface area contributed by atoms with Crippen LogP contribution in [0.2, 0.25) is 0 Å². The number of nitrogens with two attached hydrogens (primary N) is 1. The van der Waals surface area contributed by atoms with Gasteiger partial charge < -0.3 is 15.9 Å². The average Bonchev–Trinajstić information content (AvgIpc) is 2.20. The van der Waals surface area contributed by atoms with Crippen LogP contribution in [0, 0.1) is 5.82 Å². The summed E-state index contributed by atoms with van der Waals surface area (Å²) >= 11 is 0. The topological polar surface area (TPSA) is 101 Å². The molecule has 0 fully saturated rings. The molecule has 1 aromatic carbocycles. The first-order chi connectivity index (χ1) is 8.09.